The van der Waals surface area contributed by atoms with Crippen molar-refractivity contribution in [1.82, 2.24) is 4.90 Å². The minimum absolute atomic E-state index is 0.260. The Morgan fingerprint density at radius 1 is 1.28 bits per heavy atom. The summed E-state index contributed by atoms with van der Waals surface area (Å²) in [5.41, 5.74) is 6.10. The van der Waals surface area contributed by atoms with Gasteiger partial charge in [-0.1, -0.05) is 6.07 Å². The molecule has 0 aliphatic rings. The lowest BCUT2D eigenvalue weighted by molar-refractivity contribution is -0.152. The van der Waals surface area contributed by atoms with E-state index in [4.69, 9.17) is 15.2 Å². The number of hydrogen-bond acceptors (Lipinski definition) is 5. The van der Waals surface area contributed by atoms with Crippen LogP contribution in [0.4, 0.5) is 5.69 Å². The van der Waals surface area contributed by atoms with E-state index >= 15 is 0 Å². The molecule has 0 saturated heterocycles. The third-order valence-corrected chi connectivity index (χ3v) is 2.07. The van der Waals surface area contributed by atoms with Gasteiger partial charge in [-0.3, -0.25) is 4.79 Å². The topological polar surface area (TPSA) is 81.9 Å². The lowest BCUT2D eigenvalue weighted by Crippen LogP contribution is -2.28. The van der Waals surface area contributed by atoms with Crippen LogP contribution < -0.4 is 10.5 Å². The van der Waals surface area contributed by atoms with Gasteiger partial charge in [-0.15, -0.1) is 0 Å². The second-order valence-corrected chi connectivity index (χ2v) is 3.81. The number of nitrogen functional groups attached to an aromatic ring is 1. The summed E-state index contributed by atoms with van der Waals surface area (Å²) in [5.74, 6) is -0.411. The van der Waals surface area contributed by atoms with E-state index in [9.17, 15) is 9.59 Å². The summed E-state index contributed by atoms with van der Waals surface area (Å²) in [7, 11) is 3.17. The van der Waals surface area contributed by atoms with Gasteiger partial charge in [0, 0.05) is 25.8 Å². The van der Waals surface area contributed by atoms with Crippen LogP contribution in [0.15, 0.2) is 24.3 Å². The summed E-state index contributed by atoms with van der Waals surface area (Å²) >= 11 is 0. The van der Waals surface area contributed by atoms with Crippen LogP contribution in [0.5, 0.6) is 5.75 Å². The van der Waals surface area contributed by atoms with E-state index in [0.717, 1.165) is 0 Å². The summed E-state index contributed by atoms with van der Waals surface area (Å²) in [4.78, 5) is 23.8. The zero-order chi connectivity index (χ0) is 13.5. The Kier molecular flexibility index (Phi) is 4.98. The van der Waals surface area contributed by atoms with Crippen molar-refractivity contribution in [3.63, 3.8) is 0 Å². The second kappa shape index (κ2) is 6.48. The molecule has 0 heterocycles. The Labute approximate surface area is 105 Å². The van der Waals surface area contributed by atoms with Gasteiger partial charge in [0.2, 0.25) is 0 Å². The number of carbonyl (C=O) groups excluding carboxylic acids is 2. The van der Waals surface area contributed by atoms with Crippen LogP contribution in [0.2, 0.25) is 0 Å². The summed E-state index contributed by atoms with van der Waals surface area (Å²) in [6.07, 6.45) is 0. The highest BCUT2D eigenvalue weighted by Gasteiger charge is 2.09. The van der Waals surface area contributed by atoms with Crippen molar-refractivity contribution in [2.75, 3.05) is 33.0 Å². The van der Waals surface area contributed by atoms with Crippen LogP contribution in [0, 0.1) is 0 Å². The Bertz CT molecular complexity index is 432. The molecule has 0 bridgehead atoms. The van der Waals surface area contributed by atoms with Crippen LogP contribution in [-0.4, -0.2) is 44.1 Å². The zero-order valence-electron chi connectivity index (χ0n) is 10.4. The third kappa shape index (κ3) is 4.73. The molecule has 6 nitrogen and oxygen atoms in total. The van der Waals surface area contributed by atoms with Gasteiger partial charge in [0.1, 0.15) is 5.75 Å². The van der Waals surface area contributed by atoms with Crippen LogP contribution in [0.25, 0.3) is 0 Å². The smallest absolute Gasteiger partial charge is 0.344 e. The predicted molar refractivity (Wildman–Crippen MR) is 66.0 cm³/mol. The Morgan fingerprint density at radius 3 is 2.61 bits per heavy atom. The first-order valence-electron chi connectivity index (χ1n) is 5.33. The van der Waals surface area contributed by atoms with Crippen LogP contribution in [-0.2, 0) is 14.3 Å². The van der Waals surface area contributed by atoms with Gasteiger partial charge in [0.05, 0.1) is 0 Å². The molecule has 1 rings (SSSR count). The van der Waals surface area contributed by atoms with Crippen molar-refractivity contribution in [3.05, 3.63) is 24.3 Å². The molecule has 0 fully saturated rings. The average molecular weight is 252 g/mol. The number of benzene rings is 1. The average Bonchev–Trinajstić information content (AvgIpc) is 2.33. The van der Waals surface area contributed by atoms with Crippen molar-refractivity contribution in [3.8, 4) is 5.75 Å². The molecule has 0 saturated carbocycles. The number of esters is 1. The predicted octanol–water partition coefficient (Wildman–Crippen LogP) is 0.279. The van der Waals surface area contributed by atoms with Gasteiger partial charge in [0.15, 0.2) is 13.2 Å². The molecule has 2 N–H and O–H groups in total. The highest BCUT2D eigenvalue weighted by Crippen LogP contribution is 2.14. The lowest BCUT2D eigenvalue weighted by Gasteiger charge is -2.11. The van der Waals surface area contributed by atoms with E-state index < -0.39 is 5.97 Å². The molecular formula is C12H16N2O4. The normalized spacial score (nSPS) is 9.67. The first-order valence-corrected chi connectivity index (χ1v) is 5.33. The molecule has 0 radical (unpaired) electrons. The van der Waals surface area contributed by atoms with E-state index in [-0.39, 0.29) is 19.1 Å². The first-order chi connectivity index (χ1) is 8.49. The summed E-state index contributed by atoms with van der Waals surface area (Å²) in [6.45, 7) is -0.545. The third-order valence-electron chi connectivity index (χ3n) is 2.07. The molecule has 0 aromatic heterocycles. The standard InChI is InChI=1S/C12H16N2O4/c1-14(2)11(15)7-18-12(16)8-17-10-5-3-4-9(13)6-10/h3-6H,7-8,13H2,1-2H3. The summed E-state index contributed by atoms with van der Waals surface area (Å²) in [6, 6.07) is 6.69. The van der Waals surface area contributed by atoms with Gasteiger partial charge in [-0.2, -0.15) is 0 Å². The maximum Gasteiger partial charge on any atom is 0.344 e. The van der Waals surface area contributed by atoms with Crippen molar-refractivity contribution in [2.45, 2.75) is 0 Å². The van der Waals surface area contributed by atoms with Gasteiger partial charge in [-0.25, -0.2) is 4.79 Å². The van der Waals surface area contributed by atoms with Gasteiger partial charge < -0.3 is 20.1 Å². The molecular weight excluding hydrogens is 236 g/mol. The van der Waals surface area contributed by atoms with E-state index in [2.05, 4.69) is 0 Å². The molecule has 0 spiro atoms. The van der Waals surface area contributed by atoms with Gasteiger partial charge in [0.25, 0.3) is 5.91 Å². The first kappa shape index (κ1) is 13.8. The number of likely N-dealkylation sites (N-methyl/N-ethyl adjacent to an activating group) is 1. The van der Waals surface area contributed by atoms with E-state index in [1.165, 1.54) is 4.90 Å². The van der Waals surface area contributed by atoms with Crippen LogP contribution in [0.1, 0.15) is 0 Å². The van der Waals surface area contributed by atoms with Crippen molar-refractivity contribution < 1.29 is 19.1 Å². The Morgan fingerprint density at radius 2 is 2.00 bits per heavy atom. The molecule has 0 aliphatic heterocycles. The Balaban J connectivity index is 2.31. The van der Waals surface area contributed by atoms with Gasteiger partial charge in [-0.05, 0) is 12.1 Å². The number of carbonyl (C=O) groups is 2. The molecule has 1 amide bonds. The largest absolute Gasteiger partial charge is 0.482 e. The number of ether oxygens (including phenoxy) is 2. The molecule has 0 aliphatic carbocycles. The monoisotopic (exact) mass is 252 g/mol. The van der Waals surface area contributed by atoms with E-state index in [0.29, 0.717) is 11.4 Å². The lowest BCUT2D eigenvalue weighted by atomic mass is 10.3. The number of amides is 1. The van der Waals surface area contributed by atoms with E-state index in [1.807, 2.05) is 0 Å². The maximum absolute atomic E-state index is 11.3. The fraction of sp³-hybridized carbons (Fsp3) is 0.333. The minimum atomic E-state index is -0.604. The molecule has 18 heavy (non-hydrogen) atoms. The Hall–Kier alpha value is -2.24. The van der Waals surface area contributed by atoms with Crippen molar-refractivity contribution in [2.24, 2.45) is 0 Å². The summed E-state index contributed by atoms with van der Waals surface area (Å²) < 4.78 is 9.89. The van der Waals surface area contributed by atoms with Crippen LogP contribution in [0.3, 0.4) is 0 Å². The fourth-order valence-electron chi connectivity index (χ4n) is 1.06. The molecule has 0 unspecified atom stereocenters. The second-order valence-electron chi connectivity index (χ2n) is 3.81. The maximum atomic E-state index is 11.3. The number of nitrogens with zero attached hydrogens (tertiary/aromatic N) is 1. The fourth-order valence-corrected chi connectivity index (χ4v) is 1.06. The molecule has 6 heteroatoms. The van der Waals surface area contributed by atoms with E-state index in [1.54, 1.807) is 38.4 Å². The minimum Gasteiger partial charge on any atom is -0.482 e. The highest BCUT2D eigenvalue weighted by atomic mass is 16.6. The van der Waals surface area contributed by atoms with Crippen LogP contribution >= 0.6 is 0 Å². The van der Waals surface area contributed by atoms with Gasteiger partial charge >= 0.3 is 5.97 Å². The number of rotatable bonds is 5. The number of hydrogen-bond donors (Lipinski definition) is 1. The highest BCUT2D eigenvalue weighted by molar-refractivity contribution is 5.80. The molecule has 1 aromatic carbocycles. The molecule has 0 atom stereocenters. The van der Waals surface area contributed by atoms with Crippen molar-refractivity contribution in [1.29, 1.82) is 0 Å². The molecule has 98 valence electrons. The quantitative estimate of drug-likeness (QED) is 0.601. The summed E-state index contributed by atoms with van der Waals surface area (Å²) in [5, 5.41) is 0. The number of nitrogens with two attached hydrogens (primary N) is 1. The number of anilines is 1. The SMILES string of the molecule is CN(C)C(=O)COC(=O)COc1cccc(N)c1. The molecule has 1 aromatic rings. The van der Waals surface area contributed by atoms with Crippen molar-refractivity contribution >= 4 is 17.6 Å². The zero-order valence-corrected chi connectivity index (χ0v) is 10.4.